The largest absolute Gasteiger partial charge is 0.207 e. The third-order valence-corrected chi connectivity index (χ3v) is 2.91. The minimum Gasteiger partial charge on any atom is -0.207 e. The molecule has 14 heavy (non-hydrogen) atoms. The van der Waals surface area contributed by atoms with E-state index in [1.165, 1.54) is 0 Å². The van der Waals surface area contributed by atoms with E-state index in [-0.39, 0.29) is 5.56 Å². The quantitative estimate of drug-likeness (QED) is 0.573. The minimum absolute atomic E-state index is 0.0185. The lowest BCUT2D eigenvalue weighted by atomic mass is 9.86. The highest BCUT2D eigenvalue weighted by molar-refractivity contribution is 7.80. The maximum Gasteiger partial charge on any atom is 0.162 e. The molecule has 0 fully saturated rings. The highest BCUT2D eigenvalue weighted by Crippen LogP contribution is 2.28. The molecule has 0 radical (unpaired) electrons. The Balaban J connectivity index is 3.34. The molecule has 0 heterocycles. The number of halogens is 3. The molecule has 0 N–H and O–H groups in total. The van der Waals surface area contributed by atoms with Crippen LogP contribution in [0, 0.1) is 17.5 Å². The molecule has 0 unspecified atom stereocenters. The molecule has 1 rings (SSSR count). The van der Waals surface area contributed by atoms with E-state index in [1.54, 1.807) is 13.8 Å². The zero-order valence-corrected chi connectivity index (χ0v) is 8.84. The van der Waals surface area contributed by atoms with E-state index in [2.05, 4.69) is 12.6 Å². The molecular weight excluding hydrogens is 209 g/mol. The summed E-state index contributed by atoms with van der Waals surface area (Å²) < 4.78 is 39.0. The SMILES string of the molecule is CC(C)(CS)c1cc(F)cc(F)c1F. The first-order valence-corrected chi connectivity index (χ1v) is 4.77. The first-order valence-electron chi connectivity index (χ1n) is 4.14. The summed E-state index contributed by atoms with van der Waals surface area (Å²) >= 11 is 4.02. The third kappa shape index (κ3) is 2.05. The number of hydrogen-bond acceptors (Lipinski definition) is 1. The summed E-state index contributed by atoms with van der Waals surface area (Å²) in [4.78, 5) is 0. The Morgan fingerprint density at radius 2 is 1.79 bits per heavy atom. The normalized spacial score (nSPS) is 11.9. The summed E-state index contributed by atoms with van der Waals surface area (Å²) in [5, 5.41) is 0. The van der Waals surface area contributed by atoms with Crippen LogP contribution in [0.3, 0.4) is 0 Å². The number of benzene rings is 1. The van der Waals surface area contributed by atoms with Crippen LogP contribution in [0.25, 0.3) is 0 Å². The molecule has 0 amide bonds. The van der Waals surface area contributed by atoms with Crippen molar-refractivity contribution in [3.05, 3.63) is 35.1 Å². The van der Waals surface area contributed by atoms with Crippen LogP contribution in [0.1, 0.15) is 19.4 Å². The standard InChI is InChI=1S/C10H11F3S/c1-10(2,5-14)7-3-6(11)4-8(12)9(7)13/h3-4,14H,5H2,1-2H3. The first kappa shape index (κ1) is 11.4. The van der Waals surface area contributed by atoms with E-state index in [4.69, 9.17) is 0 Å². The molecule has 4 heteroatoms. The van der Waals surface area contributed by atoms with Crippen LogP contribution in [0.15, 0.2) is 12.1 Å². The van der Waals surface area contributed by atoms with Gasteiger partial charge < -0.3 is 0 Å². The Morgan fingerprint density at radius 3 is 2.29 bits per heavy atom. The zero-order chi connectivity index (χ0) is 10.9. The van der Waals surface area contributed by atoms with Gasteiger partial charge in [-0.1, -0.05) is 13.8 Å². The molecule has 0 aliphatic heterocycles. The van der Waals surface area contributed by atoms with Crippen molar-refractivity contribution in [3.63, 3.8) is 0 Å². The van der Waals surface area contributed by atoms with E-state index in [0.29, 0.717) is 11.8 Å². The Bertz CT molecular complexity index is 347. The van der Waals surface area contributed by atoms with Crippen molar-refractivity contribution in [2.24, 2.45) is 0 Å². The van der Waals surface area contributed by atoms with Gasteiger partial charge in [0.2, 0.25) is 0 Å². The molecule has 1 aromatic rings. The fourth-order valence-corrected chi connectivity index (χ4v) is 1.30. The highest BCUT2D eigenvalue weighted by atomic mass is 32.1. The topological polar surface area (TPSA) is 0 Å². The second-order valence-electron chi connectivity index (χ2n) is 3.79. The lowest BCUT2D eigenvalue weighted by Crippen LogP contribution is -2.22. The average Bonchev–Trinajstić information content (AvgIpc) is 2.11. The predicted octanol–water partition coefficient (Wildman–Crippen LogP) is 3.31. The Morgan fingerprint density at radius 1 is 1.21 bits per heavy atom. The summed E-state index contributed by atoms with van der Waals surface area (Å²) in [6, 6.07) is 1.54. The number of hydrogen-bond donors (Lipinski definition) is 1. The summed E-state index contributed by atoms with van der Waals surface area (Å²) in [6.45, 7) is 3.36. The second-order valence-corrected chi connectivity index (χ2v) is 4.11. The van der Waals surface area contributed by atoms with Crippen molar-refractivity contribution in [2.75, 3.05) is 5.75 Å². The number of rotatable bonds is 2. The van der Waals surface area contributed by atoms with Crippen molar-refractivity contribution < 1.29 is 13.2 Å². The van der Waals surface area contributed by atoms with E-state index in [9.17, 15) is 13.2 Å². The highest BCUT2D eigenvalue weighted by Gasteiger charge is 2.25. The van der Waals surface area contributed by atoms with Crippen molar-refractivity contribution >= 4 is 12.6 Å². The van der Waals surface area contributed by atoms with Crippen LogP contribution in [-0.2, 0) is 5.41 Å². The summed E-state index contributed by atoms with van der Waals surface area (Å²) in [5.41, 5.74) is -0.666. The van der Waals surface area contributed by atoms with Gasteiger partial charge in [-0.3, -0.25) is 0 Å². The molecule has 0 aliphatic carbocycles. The van der Waals surface area contributed by atoms with Gasteiger partial charge in [-0.25, -0.2) is 13.2 Å². The minimum atomic E-state index is -1.16. The van der Waals surface area contributed by atoms with E-state index < -0.39 is 22.9 Å². The summed E-state index contributed by atoms with van der Waals surface area (Å²) in [6.07, 6.45) is 0. The van der Waals surface area contributed by atoms with Gasteiger partial charge >= 0.3 is 0 Å². The van der Waals surface area contributed by atoms with Crippen LogP contribution in [0.5, 0.6) is 0 Å². The molecule has 0 atom stereocenters. The van der Waals surface area contributed by atoms with Gasteiger partial charge in [0.05, 0.1) is 0 Å². The maximum atomic E-state index is 13.3. The van der Waals surface area contributed by atoms with Crippen LogP contribution >= 0.6 is 12.6 Å². The molecule has 0 bridgehead atoms. The second kappa shape index (κ2) is 3.85. The van der Waals surface area contributed by atoms with Crippen LogP contribution < -0.4 is 0 Å². The average molecular weight is 220 g/mol. The van der Waals surface area contributed by atoms with Gasteiger partial charge in [-0.2, -0.15) is 12.6 Å². The number of thiol groups is 1. The molecule has 78 valence electrons. The fourth-order valence-electron chi connectivity index (χ4n) is 1.13. The fraction of sp³-hybridized carbons (Fsp3) is 0.400. The monoisotopic (exact) mass is 220 g/mol. The van der Waals surface area contributed by atoms with Gasteiger partial charge in [0.25, 0.3) is 0 Å². The van der Waals surface area contributed by atoms with Crippen molar-refractivity contribution in [2.45, 2.75) is 19.3 Å². The van der Waals surface area contributed by atoms with Gasteiger partial charge in [0.15, 0.2) is 11.6 Å². The van der Waals surface area contributed by atoms with Crippen molar-refractivity contribution in [3.8, 4) is 0 Å². The lowest BCUT2D eigenvalue weighted by Gasteiger charge is -2.23. The molecule has 0 saturated heterocycles. The van der Waals surface area contributed by atoms with Crippen LogP contribution in [-0.4, -0.2) is 5.75 Å². The summed E-state index contributed by atoms with van der Waals surface area (Å²) in [5.74, 6) is -2.61. The third-order valence-electron chi connectivity index (χ3n) is 2.12. The molecule has 0 saturated carbocycles. The molecule has 0 spiro atoms. The first-order chi connectivity index (χ1) is 6.38. The molecule has 1 aromatic carbocycles. The Kier molecular flexibility index (Phi) is 3.14. The predicted molar refractivity (Wildman–Crippen MR) is 53.2 cm³/mol. The summed E-state index contributed by atoms with van der Waals surface area (Å²) in [7, 11) is 0. The zero-order valence-electron chi connectivity index (χ0n) is 7.94. The van der Waals surface area contributed by atoms with Gasteiger partial charge in [0, 0.05) is 17.0 Å². The van der Waals surface area contributed by atoms with Gasteiger partial charge in [-0.15, -0.1) is 0 Å². The van der Waals surface area contributed by atoms with Crippen molar-refractivity contribution in [1.82, 2.24) is 0 Å². The lowest BCUT2D eigenvalue weighted by molar-refractivity contribution is 0.455. The van der Waals surface area contributed by atoms with Crippen LogP contribution in [0.4, 0.5) is 13.2 Å². The Labute approximate surface area is 86.5 Å². The van der Waals surface area contributed by atoms with E-state index in [1.807, 2.05) is 0 Å². The van der Waals surface area contributed by atoms with Crippen molar-refractivity contribution in [1.29, 1.82) is 0 Å². The molecule has 0 aromatic heterocycles. The molecule has 0 nitrogen and oxygen atoms in total. The van der Waals surface area contributed by atoms with Gasteiger partial charge in [0.1, 0.15) is 5.82 Å². The smallest absolute Gasteiger partial charge is 0.162 e. The van der Waals surface area contributed by atoms with Crippen LogP contribution in [0.2, 0.25) is 0 Å². The molecular formula is C10H11F3S. The molecule has 0 aliphatic rings. The van der Waals surface area contributed by atoms with Gasteiger partial charge in [-0.05, 0) is 11.8 Å². The van der Waals surface area contributed by atoms with E-state index >= 15 is 0 Å². The Hall–Kier alpha value is -0.640. The maximum absolute atomic E-state index is 13.3. The van der Waals surface area contributed by atoms with E-state index in [0.717, 1.165) is 6.07 Å².